The normalized spacial score (nSPS) is 11.8. The zero-order valence-corrected chi connectivity index (χ0v) is 64.4. The van der Waals surface area contributed by atoms with Crippen LogP contribution < -0.4 is 9.80 Å². The van der Waals surface area contributed by atoms with Gasteiger partial charge in [-0.05, 0) is 232 Å². The van der Waals surface area contributed by atoms with Crippen molar-refractivity contribution in [2.45, 2.75) is 0 Å². The topological polar surface area (TPSA) is 32.8 Å². The molecule has 23 rings (SSSR count). The van der Waals surface area contributed by atoms with Crippen molar-refractivity contribution in [2.75, 3.05) is 9.80 Å². The molecule has 0 fully saturated rings. The second-order valence-corrected chi connectivity index (χ2v) is 32.3. The molecule has 0 bridgehead atoms. The largest absolute Gasteiger partial charge is 0.456 e. The Balaban J connectivity index is 0.564. The first kappa shape index (κ1) is 67.1. The van der Waals surface area contributed by atoms with Crippen LogP contribution in [0.2, 0.25) is 0 Å². The lowest BCUT2D eigenvalue weighted by Crippen LogP contribution is -2.10. The molecule has 542 valence electrons. The number of hydrogen-bond acceptors (Lipinski definition) is 6. The van der Waals surface area contributed by atoms with E-state index in [1.165, 1.54) is 101 Å². The number of furan rings is 2. The molecule has 0 saturated carbocycles. The first-order chi connectivity index (χ1) is 57.4. The minimum Gasteiger partial charge on any atom is -0.456 e. The number of nitrogens with zero attached hydrogens (tertiary/aromatic N) is 2. The van der Waals surface area contributed by atoms with Crippen LogP contribution >= 0.6 is 22.7 Å². The fourth-order valence-electron chi connectivity index (χ4n) is 17.8. The van der Waals surface area contributed by atoms with E-state index in [0.717, 1.165) is 128 Å². The molecule has 0 atom stereocenters. The number of para-hydroxylation sites is 2. The predicted molar refractivity (Wildman–Crippen MR) is 495 cm³/mol. The van der Waals surface area contributed by atoms with Crippen molar-refractivity contribution < 1.29 is 8.83 Å². The highest BCUT2D eigenvalue weighted by Crippen LogP contribution is 2.48. The summed E-state index contributed by atoms with van der Waals surface area (Å²) in [6, 6.07) is 151. The van der Waals surface area contributed by atoms with Crippen molar-refractivity contribution in [2.24, 2.45) is 0 Å². The molecule has 0 unspecified atom stereocenters. The average Bonchev–Trinajstić information content (AvgIpc) is 1.59. The maximum Gasteiger partial charge on any atom is 0.143 e. The van der Waals surface area contributed by atoms with E-state index in [2.05, 4.69) is 410 Å². The van der Waals surface area contributed by atoms with Gasteiger partial charge in [-0.25, -0.2) is 0 Å². The molecule has 0 radical (unpaired) electrons. The third-order valence-corrected chi connectivity index (χ3v) is 25.8. The second kappa shape index (κ2) is 27.6. The second-order valence-electron chi connectivity index (χ2n) is 30.2. The van der Waals surface area contributed by atoms with Gasteiger partial charge in [0, 0.05) is 102 Å². The van der Waals surface area contributed by atoms with Crippen LogP contribution in [-0.4, -0.2) is 0 Å². The van der Waals surface area contributed by atoms with E-state index >= 15 is 0 Å². The molecule has 0 spiro atoms. The van der Waals surface area contributed by atoms with E-state index in [4.69, 9.17) is 8.83 Å². The average molecular weight is 1510 g/mol. The van der Waals surface area contributed by atoms with Gasteiger partial charge in [-0.2, -0.15) is 0 Å². The Morgan fingerprint density at radius 2 is 0.526 bits per heavy atom. The fourth-order valence-corrected chi connectivity index (χ4v) is 20.2. The monoisotopic (exact) mass is 1510 g/mol. The molecule has 6 heteroatoms. The minimum atomic E-state index is 0.848. The van der Waals surface area contributed by atoms with Crippen LogP contribution in [-0.2, 0) is 0 Å². The molecule has 0 N–H and O–H groups in total. The molecule has 0 amide bonds. The first-order valence-corrected chi connectivity index (χ1v) is 41.1. The Bertz CT molecular complexity index is 7860. The van der Waals surface area contributed by atoms with Crippen molar-refractivity contribution >= 4 is 163 Å². The van der Waals surface area contributed by atoms with Crippen molar-refractivity contribution in [1.82, 2.24) is 0 Å². The molecule has 0 aliphatic heterocycles. The summed E-state index contributed by atoms with van der Waals surface area (Å²) in [6.07, 6.45) is 0. The van der Waals surface area contributed by atoms with Gasteiger partial charge in [0.15, 0.2) is 0 Å². The van der Waals surface area contributed by atoms with Gasteiger partial charge in [0.25, 0.3) is 0 Å². The molecule has 0 saturated heterocycles. The zero-order chi connectivity index (χ0) is 76.3. The number of hydrogen-bond donors (Lipinski definition) is 0. The van der Waals surface area contributed by atoms with E-state index < -0.39 is 0 Å². The summed E-state index contributed by atoms with van der Waals surface area (Å²) in [5.41, 5.74) is 28.2. The van der Waals surface area contributed by atoms with Gasteiger partial charge in [0.1, 0.15) is 22.3 Å². The minimum absolute atomic E-state index is 0.848. The van der Waals surface area contributed by atoms with Crippen molar-refractivity contribution in [3.63, 3.8) is 0 Å². The van der Waals surface area contributed by atoms with E-state index in [9.17, 15) is 0 Å². The van der Waals surface area contributed by atoms with E-state index in [0.29, 0.717) is 0 Å². The summed E-state index contributed by atoms with van der Waals surface area (Å²) in [7, 11) is 0. The maximum atomic E-state index is 7.11. The van der Waals surface area contributed by atoms with Gasteiger partial charge < -0.3 is 18.6 Å². The summed E-state index contributed by atoms with van der Waals surface area (Å²) in [5, 5.41) is 14.4. The quantitative estimate of drug-likeness (QED) is 0.109. The Morgan fingerprint density at radius 1 is 0.172 bits per heavy atom. The van der Waals surface area contributed by atoms with Crippen molar-refractivity contribution in [3.8, 4) is 89.0 Å². The Kier molecular flexibility index (Phi) is 16.0. The molecular weight excluding hydrogens is 1450 g/mol. The van der Waals surface area contributed by atoms with Crippen molar-refractivity contribution in [3.05, 3.63) is 413 Å². The molecule has 4 nitrogen and oxygen atoms in total. The number of thiophene rings is 2. The summed E-state index contributed by atoms with van der Waals surface area (Å²) < 4.78 is 18.6. The SMILES string of the molecule is c1cc(-c2cccc(N(c3ccc(-c4cccc5ccccc45)cc3)c3cccc(-c4ccc5c(c4)oc4ccccc45)c3)c2)cc(-c2cccc3c2sc2cc(-c4cccc5c4oc4cc(-c6cccc(N(c7ccc(-c8cccc9ccccc89)cc7)c7cccc(-c8ccc9c(c8)sc8ccccc89)c7)c6)ccc45)ccc23)c1. The molecule has 116 heavy (non-hydrogen) atoms. The van der Waals surface area contributed by atoms with Crippen LogP contribution in [0.5, 0.6) is 0 Å². The smallest absolute Gasteiger partial charge is 0.143 e. The van der Waals surface area contributed by atoms with Gasteiger partial charge in [-0.1, -0.05) is 285 Å². The fraction of sp³-hybridized carbons (Fsp3) is 0. The summed E-state index contributed by atoms with van der Waals surface area (Å²) in [6.45, 7) is 0. The molecule has 19 aromatic carbocycles. The van der Waals surface area contributed by atoms with Crippen LogP contribution in [0.3, 0.4) is 0 Å². The Morgan fingerprint density at radius 3 is 1.12 bits per heavy atom. The Labute approximate surface area is 677 Å². The van der Waals surface area contributed by atoms with E-state index in [1.54, 1.807) is 0 Å². The third-order valence-electron chi connectivity index (χ3n) is 23.4. The predicted octanol–water partition coefficient (Wildman–Crippen LogP) is 32.8. The zero-order valence-electron chi connectivity index (χ0n) is 62.8. The van der Waals surface area contributed by atoms with Gasteiger partial charge >= 0.3 is 0 Å². The third kappa shape index (κ3) is 11.6. The summed E-state index contributed by atoms with van der Waals surface area (Å²) >= 11 is 3.72. The van der Waals surface area contributed by atoms with E-state index in [1.807, 2.05) is 34.8 Å². The van der Waals surface area contributed by atoms with Crippen LogP contribution in [0.15, 0.2) is 421 Å². The van der Waals surface area contributed by atoms with Crippen LogP contribution in [0.1, 0.15) is 0 Å². The Hall–Kier alpha value is -14.7. The van der Waals surface area contributed by atoms with Gasteiger partial charge in [0.2, 0.25) is 0 Å². The van der Waals surface area contributed by atoms with E-state index in [-0.39, 0.29) is 0 Å². The molecular formula is C110H68N2O2S2. The summed E-state index contributed by atoms with van der Waals surface area (Å²) in [5.74, 6) is 0. The first-order valence-electron chi connectivity index (χ1n) is 39.5. The number of rotatable bonds is 14. The molecule has 23 aromatic rings. The number of benzene rings is 19. The van der Waals surface area contributed by atoms with Crippen LogP contribution in [0.25, 0.3) is 195 Å². The van der Waals surface area contributed by atoms with Gasteiger partial charge in [-0.3, -0.25) is 0 Å². The molecule has 0 aliphatic carbocycles. The highest BCUT2D eigenvalue weighted by molar-refractivity contribution is 7.26. The molecule has 0 aliphatic rings. The summed E-state index contributed by atoms with van der Waals surface area (Å²) in [4.78, 5) is 4.78. The standard InChI is InChI=1S/C110H68N2O2S2/c1-3-32-89-69(18-1)20-14-36-91(89)71-44-52-83(53-45-71)111(86-29-11-24-75(62-86)78-48-56-96-95-34-5-7-42-103(95)113-104(96)65-78)85-28-10-23-74(61-85)73-22-9-27-81(60-73)94-39-17-41-102-100-59-51-82(68-108(100)116-110(94)102)93-38-16-40-101-97-57-49-79(66-105(97)114-109(93)101)76-25-12-30-87(63-76)112(84-54-46-72(47-55-84)92-37-15-21-70-19-2-4-33-90(70)92)88-31-13-26-77(64-88)80-50-58-99-98-35-6-8-43-106(98)115-107(99)67-80/h1-68H. The van der Waals surface area contributed by atoms with Crippen molar-refractivity contribution in [1.29, 1.82) is 0 Å². The lowest BCUT2D eigenvalue weighted by molar-refractivity contribution is 0.669. The molecule has 4 heterocycles. The van der Waals surface area contributed by atoms with Gasteiger partial charge in [0.05, 0.1) is 0 Å². The van der Waals surface area contributed by atoms with Crippen LogP contribution in [0.4, 0.5) is 34.1 Å². The highest BCUT2D eigenvalue weighted by atomic mass is 32.1. The van der Waals surface area contributed by atoms with Gasteiger partial charge in [-0.15, -0.1) is 22.7 Å². The number of anilines is 6. The lowest BCUT2D eigenvalue weighted by atomic mass is 9.96. The van der Waals surface area contributed by atoms with Crippen LogP contribution in [0, 0.1) is 0 Å². The highest BCUT2D eigenvalue weighted by Gasteiger charge is 2.23. The maximum absolute atomic E-state index is 7.11. The number of fused-ring (bicyclic) bond motifs is 14. The molecule has 4 aromatic heterocycles. The lowest BCUT2D eigenvalue weighted by Gasteiger charge is -2.27.